The zero-order valence-electron chi connectivity index (χ0n) is 8.45. The van der Waals surface area contributed by atoms with E-state index in [1.807, 2.05) is 13.0 Å². The first kappa shape index (κ1) is 11.2. The normalized spacial score (nSPS) is 9.67. The maximum absolute atomic E-state index is 10.9. The standard InChI is InChI=1S/C11H12N2O2/c1-2-7-4-10(11(14)15)9(6-13)3-8(7)5-12/h3-4H,2,6,13H2,1H3,(H,14,15). The first-order valence-electron chi connectivity index (χ1n) is 4.63. The van der Waals surface area contributed by atoms with E-state index in [-0.39, 0.29) is 12.1 Å². The van der Waals surface area contributed by atoms with Crippen LogP contribution in [0.3, 0.4) is 0 Å². The van der Waals surface area contributed by atoms with Crippen molar-refractivity contribution in [1.82, 2.24) is 0 Å². The Balaban J connectivity index is 3.42. The number of carboxylic acids is 1. The number of hydrogen-bond donors (Lipinski definition) is 2. The Hall–Kier alpha value is -1.86. The molecule has 0 heterocycles. The van der Waals surface area contributed by atoms with Crippen LogP contribution in [0.4, 0.5) is 0 Å². The van der Waals surface area contributed by atoms with Crippen molar-refractivity contribution in [3.63, 3.8) is 0 Å². The summed E-state index contributed by atoms with van der Waals surface area (Å²) in [5, 5.41) is 17.8. The molecule has 0 fully saturated rings. The van der Waals surface area contributed by atoms with Crippen molar-refractivity contribution in [2.24, 2.45) is 5.73 Å². The van der Waals surface area contributed by atoms with E-state index in [0.29, 0.717) is 17.5 Å². The molecule has 78 valence electrons. The highest BCUT2D eigenvalue weighted by Gasteiger charge is 2.12. The van der Waals surface area contributed by atoms with Crippen LogP contribution in [0, 0.1) is 11.3 Å². The maximum Gasteiger partial charge on any atom is 0.336 e. The third kappa shape index (κ3) is 2.14. The molecule has 0 aliphatic heterocycles. The van der Waals surface area contributed by atoms with E-state index in [1.54, 1.807) is 6.07 Å². The zero-order valence-corrected chi connectivity index (χ0v) is 8.45. The molecule has 0 aromatic heterocycles. The second-order valence-electron chi connectivity index (χ2n) is 3.14. The van der Waals surface area contributed by atoms with Crippen LogP contribution in [-0.4, -0.2) is 11.1 Å². The highest BCUT2D eigenvalue weighted by molar-refractivity contribution is 5.90. The summed E-state index contributed by atoms with van der Waals surface area (Å²) in [7, 11) is 0. The molecule has 0 unspecified atom stereocenters. The molecule has 1 rings (SSSR count). The summed E-state index contributed by atoms with van der Waals surface area (Å²) in [5.74, 6) is -1.00. The number of rotatable bonds is 3. The van der Waals surface area contributed by atoms with Gasteiger partial charge in [0.1, 0.15) is 0 Å². The summed E-state index contributed by atoms with van der Waals surface area (Å²) in [4.78, 5) is 10.9. The van der Waals surface area contributed by atoms with Crippen LogP contribution < -0.4 is 5.73 Å². The number of hydrogen-bond acceptors (Lipinski definition) is 3. The van der Waals surface area contributed by atoms with Crippen LogP contribution >= 0.6 is 0 Å². The lowest BCUT2D eigenvalue weighted by Gasteiger charge is -2.07. The number of benzene rings is 1. The minimum Gasteiger partial charge on any atom is -0.478 e. The molecule has 0 atom stereocenters. The third-order valence-corrected chi connectivity index (χ3v) is 2.28. The number of carbonyl (C=O) groups is 1. The molecule has 1 aromatic rings. The van der Waals surface area contributed by atoms with Crippen molar-refractivity contribution in [2.45, 2.75) is 19.9 Å². The third-order valence-electron chi connectivity index (χ3n) is 2.28. The van der Waals surface area contributed by atoms with Crippen LogP contribution in [0.2, 0.25) is 0 Å². The molecule has 0 radical (unpaired) electrons. The molecule has 0 amide bonds. The molecular weight excluding hydrogens is 192 g/mol. The van der Waals surface area contributed by atoms with Crippen molar-refractivity contribution in [2.75, 3.05) is 0 Å². The predicted molar refractivity (Wildman–Crippen MR) is 55.4 cm³/mol. The van der Waals surface area contributed by atoms with Crippen LogP contribution in [-0.2, 0) is 13.0 Å². The van der Waals surface area contributed by atoms with E-state index in [2.05, 4.69) is 0 Å². The van der Waals surface area contributed by atoms with Crippen LogP contribution in [0.1, 0.15) is 34.0 Å². The minimum absolute atomic E-state index is 0.125. The van der Waals surface area contributed by atoms with Crippen molar-refractivity contribution < 1.29 is 9.90 Å². The molecule has 0 bridgehead atoms. The topological polar surface area (TPSA) is 87.1 Å². The fraction of sp³-hybridized carbons (Fsp3) is 0.273. The number of aryl methyl sites for hydroxylation is 1. The van der Waals surface area contributed by atoms with Crippen molar-refractivity contribution in [1.29, 1.82) is 5.26 Å². The molecule has 0 aliphatic rings. The van der Waals surface area contributed by atoms with Gasteiger partial charge in [-0.1, -0.05) is 6.92 Å². The van der Waals surface area contributed by atoms with Gasteiger partial charge >= 0.3 is 5.97 Å². The van der Waals surface area contributed by atoms with E-state index >= 15 is 0 Å². The monoisotopic (exact) mass is 204 g/mol. The number of nitrogens with two attached hydrogens (primary N) is 1. The van der Waals surface area contributed by atoms with Crippen LogP contribution in [0.5, 0.6) is 0 Å². The van der Waals surface area contributed by atoms with Crippen molar-refractivity contribution >= 4 is 5.97 Å². The van der Waals surface area contributed by atoms with Gasteiger partial charge in [0, 0.05) is 6.54 Å². The van der Waals surface area contributed by atoms with Gasteiger partial charge < -0.3 is 10.8 Å². The Morgan fingerprint density at radius 1 is 1.53 bits per heavy atom. The highest BCUT2D eigenvalue weighted by atomic mass is 16.4. The first-order chi connectivity index (χ1) is 7.13. The van der Waals surface area contributed by atoms with Crippen molar-refractivity contribution in [3.05, 3.63) is 34.4 Å². The second-order valence-corrected chi connectivity index (χ2v) is 3.14. The minimum atomic E-state index is -1.00. The molecule has 1 aromatic carbocycles. The van der Waals surface area contributed by atoms with Crippen LogP contribution in [0.25, 0.3) is 0 Å². The number of nitrogens with zero attached hydrogens (tertiary/aromatic N) is 1. The smallest absolute Gasteiger partial charge is 0.336 e. The average molecular weight is 204 g/mol. The van der Waals surface area contributed by atoms with Crippen LogP contribution in [0.15, 0.2) is 12.1 Å². The van der Waals surface area contributed by atoms with Crippen molar-refractivity contribution in [3.8, 4) is 6.07 Å². The summed E-state index contributed by atoms with van der Waals surface area (Å²) in [5.41, 5.74) is 7.36. The Labute approximate surface area is 87.9 Å². The molecule has 0 saturated heterocycles. The summed E-state index contributed by atoms with van der Waals surface area (Å²) in [6.07, 6.45) is 0.633. The predicted octanol–water partition coefficient (Wildman–Crippen LogP) is 1.28. The molecule has 0 saturated carbocycles. The van der Waals surface area contributed by atoms with Gasteiger partial charge in [0.05, 0.1) is 17.2 Å². The summed E-state index contributed by atoms with van der Waals surface area (Å²) < 4.78 is 0. The Morgan fingerprint density at radius 3 is 2.60 bits per heavy atom. The van der Waals surface area contributed by atoms with E-state index in [9.17, 15) is 4.79 Å². The van der Waals surface area contributed by atoms with Gasteiger partial charge in [0.15, 0.2) is 0 Å². The van der Waals surface area contributed by atoms with Gasteiger partial charge in [0.25, 0.3) is 0 Å². The number of aromatic carboxylic acids is 1. The van der Waals surface area contributed by atoms with E-state index < -0.39 is 5.97 Å². The van der Waals surface area contributed by atoms with Gasteiger partial charge in [-0.05, 0) is 29.7 Å². The first-order valence-corrected chi connectivity index (χ1v) is 4.63. The Morgan fingerprint density at radius 2 is 2.20 bits per heavy atom. The lowest BCUT2D eigenvalue weighted by atomic mass is 9.97. The largest absolute Gasteiger partial charge is 0.478 e. The molecule has 0 aliphatic carbocycles. The SMILES string of the molecule is CCc1cc(C(=O)O)c(CN)cc1C#N. The van der Waals surface area contributed by atoms with E-state index in [0.717, 1.165) is 5.56 Å². The fourth-order valence-electron chi connectivity index (χ4n) is 1.45. The Bertz CT molecular complexity index is 433. The maximum atomic E-state index is 10.9. The number of carboxylic acid groups (broad SMARTS) is 1. The van der Waals surface area contributed by atoms with Gasteiger partial charge in [0.2, 0.25) is 0 Å². The summed E-state index contributed by atoms with van der Waals surface area (Å²) >= 11 is 0. The molecule has 4 nitrogen and oxygen atoms in total. The van der Waals surface area contributed by atoms with E-state index in [1.165, 1.54) is 6.07 Å². The summed E-state index contributed by atoms with van der Waals surface area (Å²) in [6, 6.07) is 5.13. The van der Waals surface area contributed by atoms with Gasteiger partial charge in [-0.2, -0.15) is 5.26 Å². The molecular formula is C11H12N2O2. The quantitative estimate of drug-likeness (QED) is 0.776. The molecule has 0 spiro atoms. The van der Waals surface area contributed by atoms with Gasteiger partial charge in [-0.25, -0.2) is 4.79 Å². The van der Waals surface area contributed by atoms with Gasteiger partial charge in [-0.15, -0.1) is 0 Å². The second kappa shape index (κ2) is 4.58. The average Bonchev–Trinajstić information content (AvgIpc) is 2.26. The zero-order chi connectivity index (χ0) is 11.4. The summed E-state index contributed by atoms with van der Waals surface area (Å²) in [6.45, 7) is 2.00. The van der Waals surface area contributed by atoms with E-state index in [4.69, 9.17) is 16.1 Å². The Kier molecular flexibility index (Phi) is 3.42. The molecule has 3 N–H and O–H groups in total. The fourth-order valence-corrected chi connectivity index (χ4v) is 1.45. The lowest BCUT2D eigenvalue weighted by Crippen LogP contribution is -2.09. The van der Waals surface area contributed by atoms with Gasteiger partial charge in [-0.3, -0.25) is 0 Å². The molecule has 4 heteroatoms. The highest BCUT2D eigenvalue weighted by Crippen LogP contribution is 2.17. The molecule has 15 heavy (non-hydrogen) atoms. The number of nitriles is 1. The lowest BCUT2D eigenvalue weighted by molar-refractivity contribution is 0.0695.